The summed E-state index contributed by atoms with van der Waals surface area (Å²) in [6, 6.07) is 20.2. The maximum Gasteiger partial charge on any atom is 0.257 e. The van der Waals surface area contributed by atoms with Crippen LogP contribution in [0.4, 0.5) is 15.8 Å². The van der Waals surface area contributed by atoms with Gasteiger partial charge in [-0.2, -0.15) is 0 Å². The second-order valence-corrected chi connectivity index (χ2v) is 7.04. The van der Waals surface area contributed by atoms with Gasteiger partial charge in [-0.15, -0.1) is 0 Å². The van der Waals surface area contributed by atoms with Crippen molar-refractivity contribution in [3.63, 3.8) is 0 Å². The van der Waals surface area contributed by atoms with E-state index >= 15 is 0 Å². The van der Waals surface area contributed by atoms with E-state index in [2.05, 4.69) is 10.6 Å². The number of anilines is 2. The second kappa shape index (κ2) is 10.4. The number of hydrogen-bond acceptors (Lipinski definition) is 4. The van der Waals surface area contributed by atoms with E-state index in [0.29, 0.717) is 34.8 Å². The van der Waals surface area contributed by atoms with Crippen molar-refractivity contribution >= 4 is 23.2 Å². The monoisotopic (exact) mass is 421 g/mol. The lowest BCUT2D eigenvalue weighted by Gasteiger charge is -2.17. The minimum atomic E-state index is -0.347. The molecular weight excluding hydrogens is 397 g/mol. The number of nitrogens with one attached hydrogen (secondary N) is 2. The number of carbonyl (C=O) groups excluding carboxylic acids is 2. The fourth-order valence-corrected chi connectivity index (χ4v) is 3.07. The first-order valence-corrected chi connectivity index (χ1v) is 9.72. The van der Waals surface area contributed by atoms with Gasteiger partial charge in [0.1, 0.15) is 11.6 Å². The van der Waals surface area contributed by atoms with Crippen molar-refractivity contribution in [2.75, 3.05) is 31.3 Å². The van der Waals surface area contributed by atoms with Crippen molar-refractivity contribution in [2.24, 2.45) is 0 Å². The van der Waals surface area contributed by atoms with Crippen molar-refractivity contribution < 1.29 is 18.7 Å². The molecule has 0 aliphatic carbocycles. The minimum Gasteiger partial charge on any atom is -0.497 e. The van der Waals surface area contributed by atoms with Crippen LogP contribution in [0.5, 0.6) is 5.75 Å². The van der Waals surface area contributed by atoms with Crippen LogP contribution in [0.15, 0.2) is 72.8 Å². The third kappa shape index (κ3) is 6.13. The molecule has 31 heavy (non-hydrogen) atoms. The molecule has 3 aromatic rings. The molecule has 2 N–H and O–H groups in total. The molecule has 0 saturated carbocycles. The fourth-order valence-electron chi connectivity index (χ4n) is 3.07. The van der Waals surface area contributed by atoms with Crippen LogP contribution >= 0.6 is 0 Å². The summed E-state index contributed by atoms with van der Waals surface area (Å²) in [5, 5.41) is 5.58. The van der Waals surface area contributed by atoms with Crippen molar-refractivity contribution in [3.8, 4) is 5.75 Å². The molecule has 0 unspecified atom stereocenters. The number of ether oxygens (including phenoxy) is 1. The SMILES string of the molecule is COc1ccc(NC(=O)c2ccccc2NC(=O)CN(C)Cc2ccccc2F)cc1. The molecule has 0 aliphatic heterocycles. The first-order chi connectivity index (χ1) is 15.0. The van der Waals surface area contributed by atoms with Gasteiger partial charge in [0.15, 0.2) is 0 Å². The zero-order chi connectivity index (χ0) is 22.2. The maximum absolute atomic E-state index is 13.8. The first-order valence-electron chi connectivity index (χ1n) is 9.72. The molecule has 0 saturated heterocycles. The van der Waals surface area contributed by atoms with Gasteiger partial charge < -0.3 is 15.4 Å². The van der Waals surface area contributed by atoms with Gasteiger partial charge in [0.05, 0.1) is 24.9 Å². The Bertz CT molecular complexity index is 1050. The molecule has 0 atom stereocenters. The largest absolute Gasteiger partial charge is 0.497 e. The van der Waals surface area contributed by atoms with Crippen molar-refractivity contribution in [1.82, 2.24) is 4.90 Å². The van der Waals surface area contributed by atoms with Crippen molar-refractivity contribution in [1.29, 1.82) is 0 Å². The van der Waals surface area contributed by atoms with E-state index in [9.17, 15) is 14.0 Å². The van der Waals surface area contributed by atoms with Gasteiger partial charge in [-0.05, 0) is 49.5 Å². The van der Waals surface area contributed by atoms with E-state index in [1.165, 1.54) is 6.07 Å². The van der Waals surface area contributed by atoms with Gasteiger partial charge in [0.2, 0.25) is 5.91 Å². The summed E-state index contributed by atoms with van der Waals surface area (Å²) in [5.41, 5.74) is 1.86. The predicted molar refractivity (Wildman–Crippen MR) is 119 cm³/mol. The van der Waals surface area contributed by atoms with Crippen LogP contribution in [0, 0.1) is 5.82 Å². The Morgan fingerprint density at radius 1 is 0.935 bits per heavy atom. The van der Waals surface area contributed by atoms with Crippen molar-refractivity contribution in [2.45, 2.75) is 6.54 Å². The smallest absolute Gasteiger partial charge is 0.257 e. The molecule has 3 aromatic carbocycles. The summed E-state index contributed by atoms with van der Waals surface area (Å²) >= 11 is 0. The van der Waals surface area contributed by atoms with E-state index in [1.54, 1.807) is 85.8 Å². The number of benzene rings is 3. The highest BCUT2D eigenvalue weighted by molar-refractivity contribution is 6.10. The molecule has 0 radical (unpaired) electrons. The molecular formula is C24H24FN3O3. The lowest BCUT2D eigenvalue weighted by Crippen LogP contribution is -2.30. The van der Waals surface area contributed by atoms with E-state index in [1.807, 2.05) is 0 Å². The van der Waals surface area contributed by atoms with Crippen LogP contribution < -0.4 is 15.4 Å². The Kier molecular flexibility index (Phi) is 7.35. The Hall–Kier alpha value is -3.71. The Morgan fingerprint density at radius 2 is 1.61 bits per heavy atom. The number of carbonyl (C=O) groups is 2. The summed E-state index contributed by atoms with van der Waals surface area (Å²) in [4.78, 5) is 26.9. The molecule has 160 valence electrons. The fraction of sp³-hybridized carbons (Fsp3) is 0.167. The molecule has 2 amide bonds. The van der Waals surface area contributed by atoms with Crippen LogP contribution in [0.2, 0.25) is 0 Å². The molecule has 6 nitrogen and oxygen atoms in total. The minimum absolute atomic E-state index is 0.0444. The standard InChI is InChI=1S/C24H24FN3O3/c1-28(15-17-7-3-5-9-21(17)25)16-23(29)27-22-10-6-4-8-20(22)24(30)26-18-11-13-19(31-2)14-12-18/h3-14H,15-16H2,1-2H3,(H,26,30)(H,27,29). The molecule has 0 fully saturated rings. The van der Waals surface area contributed by atoms with Gasteiger partial charge >= 0.3 is 0 Å². The van der Waals surface area contributed by atoms with E-state index in [0.717, 1.165) is 0 Å². The molecule has 3 rings (SSSR count). The van der Waals surface area contributed by atoms with Crippen LogP contribution in [0.3, 0.4) is 0 Å². The highest BCUT2D eigenvalue weighted by Crippen LogP contribution is 2.19. The average molecular weight is 421 g/mol. The summed E-state index contributed by atoms with van der Waals surface area (Å²) in [6.07, 6.45) is 0. The Labute approximate surface area is 180 Å². The number of para-hydroxylation sites is 1. The normalized spacial score (nSPS) is 10.6. The highest BCUT2D eigenvalue weighted by Gasteiger charge is 2.15. The van der Waals surface area contributed by atoms with Crippen LogP contribution in [0.25, 0.3) is 0 Å². The quantitative estimate of drug-likeness (QED) is 0.573. The Morgan fingerprint density at radius 3 is 2.32 bits per heavy atom. The van der Waals surface area contributed by atoms with Gasteiger partial charge in [-0.1, -0.05) is 30.3 Å². The van der Waals surface area contributed by atoms with Gasteiger partial charge in [0, 0.05) is 17.8 Å². The molecule has 0 aliphatic rings. The average Bonchev–Trinajstić information content (AvgIpc) is 2.76. The van der Waals surface area contributed by atoms with E-state index < -0.39 is 0 Å². The van der Waals surface area contributed by atoms with Crippen LogP contribution in [-0.2, 0) is 11.3 Å². The lowest BCUT2D eigenvalue weighted by atomic mass is 10.1. The molecule has 0 bridgehead atoms. The van der Waals surface area contributed by atoms with Gasteiger partial charge in [-0.25, -0.2) is 4.39 Å². The lowest BCUT2D eigenvalue weighted by molar-refractivity contribution is -0.117. The third-order valence-electron chi connectivity index (χ3n) is 4.61. The summed E-state index contributed by atoms with van der Waals surface area (Å²) in [5.74, 6) is -0.273. The van der Waals surface area contributed by atoms with Crippen LogP contribution in [0.1, 0.15) is 15.9 Å². The molecule has 0 spiro atoms. The molecule has 7 heteroatoms. The first kappa shape index (κ1) is 22.0. The number of likely N-dealkylation sites (N-methyl/N-ethyl adjacent to an activating group) is 1. The summed E-state index contributed by atoms with van der Waals surface area (Å²) in [7, 11) is 3.30. The third-order valence-corrected chi connectivity index (χ3v) is 4.61. The number of halogens is 1. The predicted octanol–water partition coefficient (Wildman–Crippen LogP) is 4.16. The highest BCUT2D eigenvalue weighted by atomic mass is 19.1. The molecule has 0 aromatic heterocycles. The number of nitrogens with zero attached hydrogens (tertiary/aromatic N) is 1. The van der Waals surface area contributed by atoms with E-state index in [4.69, 9.17) is 4.74 Å². The van der Waals surface area contributed by atoms with Gasteiger partial charge in [-0.3, -0.25) is 14.5 Å². The maximum atomic E-state index is 13.8. The second-order valence-electron chi connectivity index (χ2n) is 7.04. The zero-order valence-electron chi connectivity index (χ0n) is 17.4. The zero-order valence-corrected chi connectivity index (χ0v) is 17.4. The van der Waals surface area contributed by atoms with Gasteiger partial charge in [0.25, 0.3) is 5.91 Å². The summed E-state index contributed by atoms with van der Waals surface area (Å²) < 4.78 is 18.9. The number of amides is 2. The Balaban J connectivity index is 1.63. The number of hydrogen-bond donors (Lipinski definition) is 2. The number of rotatable bonds is 8. The van der Waals surface area contributed by atoms with E-state index in [-0.39, 0.29) is 24.2 Å². The molecule has 0 heterocycles. The van der Waals surface area contributed by atoms with Crippen LogP contribution in [-0.4, -0.2) is 37.4 Å². The van der Waals surface area contributed by atoms with Crippen molar-refractivity contribution in [3.05, 3.63) is 89.7 Å². The number of methoxy groups -OCH3 is 1. The summed E-state index contributed by atoms with van der Waals surface area (Å²) in [6.45, 7) is 0.336. The topological polar surface area (TPSA) is 70.7 Å².